The van der Waals surface area contributed by atoms with E-state index >= 15 is 0 Å². The summed E-state index contributed by atoms with van der Waals surface area (Å²) >= 11 is 1.65. The zero-order valence-electron chi connectivity index (χ0n) is 16.6. The molecule has 12 heteroatoms. The first-order valence-electron chi connectivity index (χ1n) is 9.20. The van der Waals surface area contributed by atoms with Crippen LogP contribution in [0, 0.1) is 5.92 Å². The van der Waals surface area contributed by atoms with E-state index in [-0.39, 0.29) is 31.5 Å². The number of pyridine rings is 1. The van der Waals surface area contributed by atoms with Gasteiger partial charge in [-0.1, -0.05) is 0 Å². The highest BCUT2D eigenvalue weighted by Gasteiger charge is 2.41. The van der Waals surface area contributed by atoms with Gasteiger partial charge in [-0.25, -0.2) is 0 Å². The third-order valence-electron chi connectivity index (χ3n) is 4.93. The average molecular weight is 554 g/mol. The number of halogens is 4. The Hall–Kier alpha value is -2.35. The number of aromatic nitrogens is 1. The monoisotopic (exact) mass is 554 g/mol. The Balaban J connectivity index is 0.00000166. The summed E-state index contributed by atoms with van der Waals surface area (Å²) in [5.41, 5.74) is 1.34. The van der Waals surface area contributed by atoms with Crippen molar-refractivity contribution < 1.29 is 32.6 Å². The van der Waals surface area contributed by atoms with Crippen LogP contribution in [0.3, 0.4) is 0 Å². The lowest BCUT2D eigenvalue weighted by Gasteiger charge is -2.34. The third-order valence-corrected chi connectivity index (χ3v) is 4.93. The van der Waals surface area contributed by atoms with Gasteiger partial charge in [-0.05, 0) is 25.0 Å². The Morgan fingerprint density at radius 3 is 2.48 bits per heavy atom. The number of fused-ring (bicyclic) bond motifs is 1. The molecule has 0 spiro atoms. The number of aliphatic carboxylic acids is 1. The summed E-state index contributed by atoms with van der Waals surface area (Å²) in [7, 11) is 1.47. The second-order valence-corrected chi connectivity index (χ2v) is 6.82. The van der Waals surface area contributed by atoms with E-state index in [9.17, 15) is 22.8 Å². The maximum absolute atomic E-state index is 12.9. The number of piperidine rings is 1. The molecule has 0 unspecified atom stereocenters. The van der Waals surface area contributed by atoms with Crippen molar-refractivity contribution >= 4 is 51.3 Å². The number of amides is 1. The molecule has 1 amide bonds. The van der Waals surface area contributed by atoms with Crippen molar-refractivity contribution in [2.45, 2.75) is 19.0 Å². The highest BCUT2D eigenvalue weighted by atomic mass is 127. The summed E-state index contributed by atoms with van der Waals surface area (Å²) < 4.78 is 48.6. The molecule has 31 heavy (non-hydrogen) atoms. The standard InChI is InChI=1S/C19H20F3N3O4.H2IN/c1-29-14-7-11-6-12(18(28)24-10-16(26)27)9-23-17(11)15(8-14)25-4-2-13(3-5-25)19(20,21)22;1-2/h6-9,13H,2-5,10H2,1H3,(H,24,28)(H,26,27);2H2. The lowest BCUT2D eigenvalue weighted by atomic mass is 9.95. The maximum Gasteiger partial charge on any atom is 0.391 e. The molecule has 2 aromatic rings. The summed E-state index contributed by atoms with van der Waals surface area (Å²) in [6.07, 6.45) is -2.88. The van der Waals surface area contributed by atoms with Crippen LogP contribution in [0.15, 0.2) is 24.4 Å². The molecule has 8 nitrogen and oxygen atoms in total. The number of ether oxygens (including phenoxy) is 1. The lowest BCUT2D eigenvalue weighted by molar-refractivity contribution is -0.179. The van der Waals surface area contributed by atoms with Crippen LogP contribution in [0.1, 0.15) is 23.2 Å². The number of carboxylic acids is 1. The number of rotatable bonds is 5. The van der Waals surface area contributed by atoms with E-state index in [1.54, 1.807) is 41.1 Å². The summed E-state index contributed by atoms with van der Waals surface area (Å²) in [4.78, 5) is 28.9. The molecule has 0 atom stereocenters. The molecule has 1 fully saturated rings. The molecule has 1 aromatic carbocycles. The topological polar surface area (TPSA) is 118 Å². The average Bonchev–Trinajstić information content (AvgIpc) is 2.77. The van der Waals surface area contributed by atoms with E-state index in [0.717, 1.165) is 0 Å². The molecule has 1 aliphatic rings. The number of carbonyl (C=O) groups is 2. The van der Waals surface area contributed by atoms with Crippen molar-refractivity contribution in [3.05, 3.63) is 30.0 Å². The van der Waals surface area contributed by atoms with Crippen LogP contribution in [-0.2, 0) is 4.79 Å². The summed E-state index contributed by atoms with van der Waals surface area (Å²) in [5, 5.41) is 11.5. The molecule has 0 bridgehead atoms. The number of methoxy groups -OCH3 is 1. The number of carbonyl (C=O) groups excluding carboxylic acids is 1. The van der Waals surface area contributed by atoms with Crippen molar-refractivity contribution in [1.29, 1.82) is 0 Å². The van der Waals surface area contributed by atoms with Crippen LogP contribution < -0.4 is 18.9 Å². The molecular formula is C19H22F3IN4O4. The number of nitrogens with two attached hydrogens (primary N) is 1. The highest BCUT2D eigenvalue weighted by molar-refractivity contribution is 14.1. The molecule has 170 valence electrons. The summed E-state index contributed by atoms with van der Waals surface area (Å²) in [6.45, 7) is -0.0572. The fourth-order valence-electron chi connectivity index (χ4n) is 3.39. The van der Waals surface area contributed by atoms with Crippen LogP contribution in [0.25, 0.3) is 10.9 Å². The minimum absolute atomic E-state index is 0.00210. The first-order chi connectivity index (χ1) is 14.7. The quantitative estimate of drug-likeness (QED) is 0.384. The Kier molecular flexibility index (Phi) is 8.68. The smallest absolute Gasteiger partial charge is 0.391 e. The molecule has 4 N–H and O–H groups in total. The Labute approximate surface area is 190 Å². The van der Waals surface area contributed by atoms with E-state index < -0.39 is 30.5 Å². The number of carboxylic acid groups (broad SMARTS) is 1. The summed E-state index contributed by atoms with van der Waals surface area (Å²) in [6, 6.07) is 4.93. The normalized spacial score (nSPS) is 14.6. The molecule has 3 rings (SSSR count). The third kappa shape index (κ3) is 6.32. The van der Waals surface area contributed by atoms with Crippen molar-refractivity contribution in [1.82, 2.24) is 10.3 Å². The van der Waals surface area contributed by atoms with Crippen LogP contribution >= 0.6 is 22.9 Å². The minimum atomic E-state index is -4.20. The van der Waals surface area contributed by atoms with Crippen LogP contribution in [0.5, 0.6) is 5.75 Å². The van der Waals surface area contributed by atoms with Crippen molar-refractivity contribution in [3.63, 3.8) is 0 Å². The molecule has 1 saturated heterocycles. The van der Waals surface area contributed by atoms with Gasteiger partial charge in [0.05, 0.1) is 29.8 Å². The number of alkyl halides is 3. The van der Waals surface area contributed by atoms with E-state index in [2.05, 4.69) is 14.2 Å². The number of nitrogens with one attached hydrogen (secondary N) is 1. The van der Waals surface area contributed by atoms with E-state index in [1.807, 2.05) is 4.90 Å². The van der Waals surface area contributed by atoms with Gasteiger partial charge in [-0.15, -0.1) is 0 Å². The zero-order valence-corrected chi connectivity index (χ0v) is 18.7. The predicted molar refractivity (Wildman–Crippen MR) is 117 cm³/mol. The fraction of sp³-hybridized carbons (Fsp3) is 0.421. The van der Waals surface area contributed by atoms with Gasteiger partial charge >= 0.3 is 12.1 Å². The highest BCUT2D eigenvalue weighted by Crippen LogP contribution is 2.38. The first-order valence-corrected chi connectivity index (χ1v) is 10.4. The van der Waals surface area contributed by atoms with Gasteiger partial charge < -0.3 is 20.1 Å². The van der Waals surface area contributed by atoms with E-state index in [1.165, 1.54) is 13.3 Å². The van der Waals surface area contributed by atoms with Gasteiger partial charge in [-0.3, -0.25) is 18.5 Å². The number of hydrogen-bond acceptors (Lipinski definition) is 6. The molecule has 1 aliphatic heterocycles. The minimum Gasteiger partial charge on any atom is -0.497 e. The van der Waals surface area contributed by atoms with Gasteiger partial charge in [-0.2, -0.15) is 13.2 Å². The van der Waals surface area contributed by atoms with Gasteiger partial charge in [0.2, 0.25) is 0 Å². The molecule has 0 aliphatic carbocycles. The summed E-state index contributed by atoms with van der Waals surface area (Å²) in [5.74, 6) is -2.58. The Morgan fingerprint density at radius 1 is 1.29 bits per heavy atom. The molecule has 1 aromatic heterocycles. The SMILES string of the molecule is COc1cc(N2CCC(C(F)(F)F)CC2)c2ncc(C(=O)NCC(=O)O)cc2c1.NI. The van der Waals surface area contributed by atoms with Crippen molar-refractivity contribution in [2.75, 3.05) is 31.6 Å². The Bertz CT molecular complexity index is 934. The molecular weight excluding hydrogens is 532 g/mol. The van der Waals surface area contributed by atoms with Gasteiger partial charge in [0, 0.05) is 53.6 Å². The maximum atomic E-state index is 12.9. The largest absolute Gasteiger partial charge is 0.497 e. The van der Waals surface area contributed by atoms with Gasteiger partial charge in [0.15, 0.2) is 0 Å². The Morgan fingerprint density at radius 2 is 1.94 bits per heavy atom. The van der Waals surface area contributed by atoms with Crippen LogP contribution in [0.4, 0.5) is 18.9 Å². The number of nitrogens with zero attached hydrogens (tertiary/aromatic N) is 2. The molecule has 0 saturated carbocycles. The lowest BCUT2D eigenvalue weighted by Crippen LogP contribution is -2.39. The fourth-order valence-corrected chi connectivity index (χ4v) is 3.39. The van der Waals surface area contributed by atoms with E-state index in [4.69, 9.17) is 9.84 Å². The van der Waals surface area contributed by atoms with Crippen molar-refractivity contribution in [3.8, 4) is 5.75 Å². The van der Waals surface area contributed by atoms with Crippen molar-refractivity contribution in [2.24, 2.45) is 9.86 Å². The van der Waals surface area contributed by atoms with Crippen LogP contribution in [0.2, 0.25) is 0 Å². The molecule has 0 radical (unpaired) electrons. The van der Waals surface area contributed by atoms with Gasteiger partial charge in [0.25, 0.3) is 5.91 Å². The van der Waals surface area contributed by atoms with Crippen LogP contribution in [-0.4, -0.2) is 54.9 Å². The first kappa shape index (κ1) is 24.9. The number of benzene rings is 1. The molecule has 2 heterocycles. The van der Waals surface area contributed by atoms with Gasteiger partial charge in [0.1, 0.15) is 12.3 Å². The second-order valence-electron chi connectivity index (χ2n) is 6.82. The van der Waals surface area contributed by atoms with E-state index in [0.29, 0.717) is 22.3 Å². The predicted octanol–water partition coefficient (Wildman–Crippen LogP) is 3.13. The number of hydrogen-bond donors (Lipinski definition) is 3. The second kappa shape index (κ2) is 10.8. The zero-order chi connectivity index (χ0) is 23.2. The number of anilines is 1.